The molecule has 5 heteroatoms. The van der Waals surface area contributed by atoms with E-state index >= 15 is 0 Å². The fourth-order valence-corrected chi connectivity index (χ4v) is 2.60. The number of β-lactam (4-membered cyclic amide) rings is 1. The maximum absolute atomic E-state index is 12.0. The third kappa shape index (κ3) is 3.56. The minimum absolute atomic E-state index is 0.0555. The van der Waals surface area contributed by atoms with E-state index in [4.69, 9.17) is 4.74 Å². The lowest BCUT2D eigenvalue weighted by atomic mass is 10.1. The van der Waals surface area contributed by atoms with E-state index in [1.807, 2.05) is 43.3 Å². The van der Waals surface area contributed by atoms with Gasteiger partial charge in [0.15, 0.2) is 6.61 Å². The van der Waals surface area contributed by atoms with E-state index in [0.717, 1.165) is 29.9 Å². The fraction of sp³-hybridized carbons (Fsp3) is 0.263. The van der Waals surface area contributed by atoms with Crippen LogP contribution in [0.1, 0.15) is 18.9 Å². The van der Waals surface area contributed by atoms with E-state index in [0.29, 0.717) is 12.2 Å². The Morgan fingerprint density at radius 2 is 1.92 bits per heavy atom. The minimum Gasteiger partial charge on any atom is -0.484 e. The highest BCUT2D eigenvalue weighted by Gasteiger charge is 2.24. The molecule has 1 aliphatic heterocycles. The lowest BCUT2D eigenvalue weighted by Gasteiger charge is -2.30. The quantitative estimate of drug-likeness (QED) is 0.831. The summed E-state index contributed by atoms with van der Waals surface area (Å²) in [7, 11) is 0. The predicted molar refractivity (Wildman–Crippen MR) is 93.4 cm³/mol. The van der Waals surface area contributed by atoms with Crippen molar-refractivity contribution in [1.29, 1.82) is 0 Å². The average Bonchev–Trinajstić information content (AvgIpc) is 2.60. The van der Waals surface area contributed by atoms with E-state index in [1.54, 1.807) is 17.0 Å². The molecule has 0 aromatic heterocycles. The van der Waals surface area contributed by atoms with Crippen LogP contribution in [-0.4, -0.2) is 25.0 Å². The number of aryl methyl sites for hydroxylation is 1. The molecule has 1 saturated heterocycles. The van der Waals surface area contributed by atoms with Crippen molar-refractivity contribution in [3.05, 3.63) is 54.1 Å². The van der Waals surface area contributed by atoms with Gasteiger partial charge in [-0.2, -0.15) is 0 Å². The molecule has 0 spiro atoms. The maximum Gasteiger partial charge on any atom is 0.262 e. The Hall–Kier alpha value is -2.82. The van der Waals surface area contributed by atoms with Gasteiger partial charge in [-0.15, -0.1) is 0 Å². The molecule has 1 aliphatic rings. The summed E-state index contributed by atoms with van der Waals surface area (Å²) in [5.74, 6) is 0.543. The molecule has 0 bridgehead atoms. The second-order valence-corrected chi connectivity index (χ2v) is 5.64. The average molecular weight is 324 g/mol. The van der Waals surface area contributed by atoms with Crippen molar-refractivity contribution in [3.63, 3.8) is 0 Å². The number of carbonyl (C=O) groups is 2. The molecular weight excluding hydrogens is 304 g/mol. The molecule has 124 valence electrons. The van der Waals surface area contributed by atoms with E-state index in [9.17, 15) is 9.59 Å². The molecule has 0 atom stereocenters. The van der Waals surface area contributed by atoms with Gasteiger partial charge in [-0.05, 0) is 42.3 Å². The summed E-state index contributed by atoms with van der Waals surface area (Å²) in [5, 5.41) is 2.87. The highest BCUT2D eigenvalue weighted by Crippen LogP contribution is 2.24. The first-order chi connectivity index (χ1) is 11.7. The molecule has 0 aliphatic carbocycles. The van der Waals surface area contributed by atoms with Crippen LogP contribution in [0.25, 0.3) is 0 Å². The molecule has 0 saturated carbocycles. The number of hydrogen-bond donors (Lipinski definition) is 1. The van der Waals surface area contributed by atoms with Crippen LogP contribution in [0.15, 0.2) is 48.5 Å². The Morgan fingerprint density at radius 1 is 1.17 bits per heavy atom. The monoisotopic (exact) mass is 324 g/mol. The Morgan fingerprint density at radius 3 is 2.54 bits per heavy atom. The van der Waals surface area contributed by atoms with Crippen LogP contribution in [0.5, 0.6) is 5.75 Å². The van der Waals surface area contributed by atoms with Crippen LogP contribution in [0.2, 0.25) is 0 Å². The zero-order valence-corrected chi connectivity index (χ0v) is 13.6. The SMILES string of the molecule is CCc1ccccc1NC(=O)COc1ccc(N2CCC2=O)cc1. The van der Waals surface area contributed by atoms with Crippen LogP contribution < -0.4 is 15.0 Å². The Kier molecular flexibility index (Phi) is 4.79. The number of rotatable bonds is 6. The summed E-state index contributed by atoms with van der Waals surface area (Å²) >= 11 is 0. The summed E-state index contributed by atoms with van der Waals surface area (Å²) < 4.78 is 5.51. The van der Waals surface area contributed by atoms with Crippen molar-refractivity contribution in [2.24, 2.45) is 0 Å². The Balaban J connectivity index is 1.53. The second-order valence-electron chi connectivity index (χ2n) is 5.64. The normalized spacial score (nSPS) is 13.4. The maximum atomic E-state index is 12.0. The van der Waals surface area contributed by atoms with Gasteiger partial charge in [0.25, 0.3) is 5.91 Å². The number of hydrogen-bond acceptors (Lipinski definition) is 3. The van der Waals surface area contributed by atoms with Crippen molar-refractivity contribution >= 4 is 23.2 Å². The molecule has 3 rings (SSSR count). The minimum atomic E-state index is -0.196. The number of para-hydroxylation sites is 1. The van der Waals surface area contributed by atoms with Crippen LogP contribution in [0, 0.1) is 0 Å². The largest absolute Gasteiger partial charge is 0.484 e. The molecular formula is C19H20N2O3. The number of amides is 2. The smallest absolute Gasteiger partial charge is 0.262 e. The number of anilines is 2. The van der Waals surface area contributed by atoms with Crippen molar-refractivity contribution < 1.29 is 14.3 Å². The number of carbonyl (C=O) groups excluding carboxylic acids is 2. The zero-order valence-electron chi connectivity index (χ0n) is 13.6. The van der Waals surface area contributed by atoms with Gasteiger partial charge in [0.2, 0.25) is 5.91 Å². The molecule has 1 fully saturated rings. The van der Waals surface area contributed by atoms with E-state index in [-0.39, 0.29) is 18.4 Å². The van der Waals surface area contributed by atoms with E-state index in [2.05, 4.69) is 5.32 Å². The van der Waals surface area contributed by atoms with Gasteiger partial charge in [0.05, 0.1) is 0 Å². The molecule has 0 radical (unpaired) electrons. The topological polar surface area (TPSA) is 58.6 Å². The van der Waals surface area contributed by atoms with Gasteiger partial charge in [-0.3, -0.25) is 9.59 Å². The summed E-state index contributed by atoms with van der Waals surface area (Å²) in [5.41, 5.74) is 2.77. The summed E-state index contributed by atoms with van der Waals surface area (Å²) in [4.78, 5) is 25.2. The first kappa shape index (κ1) is 16.1. The molecule has 5 nitrogen and oxygen atoms in total. The Labute approximate surface area is 141 Å². The van der Waals surface area contributed by atoms with Crippen LogP contribution in [-0.2, 0) is 16.0 Å². The molecule has 2 aromatic rings. The molecule has 24 heavy (non-hydrogen) atoms. The zero-order chi connectivity index (χ0) is 16.9. The van der Waals surface area contributed by atoms with E-state index < -0.39 is 0 Å². The molecule has 0 unspecified atom stereocenters. The van der Waals surface area contributed by atoms with Crippen molar-refractivity contribution in [2.75, 3.05) is 23.4 Å². The van der Waals surface area contributed by atoms with Gasteiger partial charge < -0.3 is 15.0 Å². The standard InChI is InChI=1S/C19H20N2O3/c1-2-14-5-3-4-6-17(14)20-18(22)13-24-16-9-7-15(8-10-16)21-12-11-19(21)23/h3-10H,2,11-13H2,1H3,(H,20,22). The summed E-state index contributed by atoms with van der Waals surface area (Å²) in [6, 6.07) is 14.9. The first-order valence-corrected chi connectivity index (χ1v) is 8.08. The van der Waals surface area contributed by atoms with Crippen molar-refractivity contribution in [1.82, 2.24) is 0 Å². The molecule has 1 N–H and O–H groups in total. The second kappa shape index (κ2) is 7.17. The highest BCUT2D eigenvalue weighted by atomic mass is 16.5. The third-order valence-corrected chi connectivity index (χ3v) is 4.04. The third-order valence-electron chi connectivity index (χ3n) is 4.04. The van der Waals surface area contributed by atoms with E-state index in [1.165, 1.54) is 0 Å². The number of ether oxygens (including phenoxy) is 1. The lowest BCUT2D eigenvalue weighted by Crippen LogP contribution is -2.43. The van der Waals surface area contributed by atoms with Crippen LogP contribution in [0.4, 0.5) is 11.4 Å². The lowest BCUT2D eigenvalue weighted by molar-refractivity contribution is -0.122. The number of benzene rings is 2. The first-order valence-electron chi connectivity index (χ1n) is 8.08. The molecule has 1 heterocycles. The van der Waals surface area contributed by atoms with Crippen molar-refractivity contribution in [2.45, 2.75) is 19.8 Å². The van der Waals surface area contributed by atoms with Gasteiger partial charge >= 0.3 is 0 Å². The van der Waals surface area contributed by atoms with Crippen LogP contribution in [0.3, 0.4) is 0 Å². The number of nitrogens with zero attached hydrogens (tertiary/aromatic N) is 1. The highest BCUT2D eigenvalue weighted by molar-refractivity contribution is 5.99. The number of nitrogens with one attached hydrogen (secondary N) is 1. The summed E-state index contributed by atoms with van der Waals surface area (Å²) in [6.07, 6.45) is 1.46. The van der Waals surface area contributed by atoms with Crippen molar-refractivity contribution in [3.8, 4) is 5.75 Å². The fourth-order valence-electron chi connectivity index (χ4n) is 2.60. The molecule has 2 amide bonds. The van der Waals surface area contributed by atoms with Gasteiger partial charge in [-0.25, -0.2) is 0 Å². The van der Waals surface area contributed by atoms with Gasteiger partial charge in [0, 0.05) is 24.3 Å². The van der Waals surface area contributed by atoms with Gasteiger partial charge in [-0.1, -0.05) is 25.1 Å². The predicted octanol–water partition coefficient (Wildman–Crippen LogP) is 3.00. The summed E-state index contributed by atoms with van der Waals surface area (Å²) in [6.45, 7) is 2.75. The Bertz CT molecular complexity index is 741. The van der Waals surface area contributed by atoms with Crippen LogP contribution >= 0.6 is 0 Å². The van der Waals surface area contributed by atoms with Gasteiger partial charge in [0.1, 0.15) is 5.75 Å². The molecule has 2 aromatic carbocycles.